The molecule has 146 valence electrons. The Kier molecular flexibility index (Phi) is 7.59. The first kappa shape index (κ1) is 21.5. The third kappa shape index (κ3) is 5.33. The van der Waals surface area contributed by atoms with E-state index in [-0.39, 0.29) is 18.0 Å². The van der Waals surface area contributed by atoms with Crippen molar-refractivity contribution in [3.63, 3.8) is 0 Å². The van der Waals surface area contributed by atoms with Crippen LogP contribution in [0, 0.1) is 17.1 Å². The summed E-state index contributed by atoms with van der Waals surface area (Å²) in [6.07, 6.45) is 1.48. The monoisotopic (exact) mass is 446 g/mol. The third-order valence-electron chi connectivity index (χ3n) is 3.73. The molecule has 1 amide bonds. The summed E-state index contributed by atoms with van der Waals surface area (Å²) in [5.41, 5.74) is 1.02. The Balaban J connectivity index is 2.37. The maximum absolute atomic E-state index is 13.8. The van der Waals surface area contributed by atoms with Gasteiger partial charge in [0.1, 0.15) is 24.1 Å². The molecule has 0 atom stereocenters. The lowest BCUT2D eigenvalue weighted by Crippen LogP contribution is -2.22. The fourth-order valence-corrected chi connectivity index (χ4v) is 2.96. The van der Waals surface area contributed by atoms with Gasteiger partial charge >= 0.3 is 0 Å². The van der Waals surface area contributed by atoms with Crippen molar-refractivity contribution in [2.24, 2.45) is 0 Å². The number of halogens is 2. The Bertz CT molecular complexity index is 936. The molecule has 0 aliphatic carbocycles. The van der Waals surface area contributed by atoms with Crippen LogP contribution in [-0.2, 0) is 11.4 Å². The van der Waals surface area contributed by atoms with E-state index >= 15 is 0 Å². The number of hydrogen-bond donors (Lipinski definition) is 0. The summed E-state index contributed by atoms with van der Waals surface area (Å²) >= 11 is 3.43. The molecular formula is C21H20BrFN2O3. The topological polar surface area (TPSA) is 62.6 Å². The first-order chi connectivity index (χ1) is 13.4. The highest BCUT2D eigenvalue weighted by molar-refractivity contribution is 9.10. The third-order valence-corrected chi connectivity index (χ3v) is 4.32. The standard InChI is InChI=1S/C21H20BrFN2O3/c1-4-27-19-11-14(9-16(12-24)21(26)25(2)3)10-17(22)20(19)28-13-15-7-5-6-8-18(15)23/h5-11H,4,13H2,1-3H3/b16-9-. The van der Waals surface area contributed by atoms with Gasteiger partial charge in [-0.1, -0.05) is 18.2 Å². The van der Waals surface area contributed by atoms with Crippen molar-refractivity contribution >= 4 is 27.9 Å². The van der Waals surface area contributed by atoms with Crippen molar-refractivity contribution in [1.82, 2.24) is 4.90 Å². The molecule has 0 bridgehead atoms. The smallest absolute Gasteiger partial charge is 0.264 e. The van der Waals surface area contributed by atoms with Crippen LogP contribution in [0.2, 0.25) is 0 Å². The number of likely N-dealkylation sites (N-methyl/N-ethyl adjacent to an activating group) is 1. The predicted octanol–water partition coefficient (Wildman–Crippen LogP) is 4.56. The second-order valence-electron chi connectivity index (χ2n) is 6.01. The number of amides is 1. The average molecular weight is 447 g/mol. The van der Waals surface area contributed by atoms with Crippen molar-refractivity contribution in [2.75, 3.05) is 20.7 Å². The number of benzene rings is 2. The maximum atomic E-state index is 13.8. The summed E-state index contributed by atoms with van der Waals surface area (Å²) < 4.78 is 25.8. The van der Waals surface area contributed by atoms with Gasteiger partial charge in [0.05, 0.1) is 11.1 Å². The van der Waals surface area contributed by atoms with E-state index in [2.05, 4.69) is 15.9 Å². The van der Waals surface area contributed by atoms with Crippen molar-refractivity contribution in [3.8, 4) is 17.6 Å². The molecule has 2 rings (SSSR count). The largest absolute Gasteiger partial charge is 0.490 e. The van der Waals surface area contributed by atoms with Gasteiger partial charge in [-0.25, -0.2) is 4.39 Å². The normalized spacial score (nSPS) is 10.9. The fourth-order valence-electron chi connectivity index (χ4n) is 2.39. The van der Waals surface area contributed by atoms with Gasteiger partial charge in [-0.3, -0.25) is 4.79 Å². The van der Waals surface area contributed by atoms with Crippen LogP contribution in [0.3, 0.4) is 0 Å². The maximum Gasteiger partial charge on any atom is 0.264 e. The Hall–Kier alpha value is -2.85. The number of rotatable bonds is 7. The van der Waals surface area contributed by atoms with Gasteiger partial charge in [-0.05, 0) is 52.7 Å². The number of carbonyl (C=O) groups excluding carboxylic acids is 1. The Labute approximate surface area is 172 Å². The fraction of sp³-hybridized carbons (Fsp3) is 0.238. The number of nitriles is 1. The van der Waals surface area contributed by atoms with Gasteiger partial charge in [0.2, 0.25) is 0 Å². The van der Waals surface area contributed by atoms with Crippen LogP contribution in [0.25, 0.3) is 6.08 Å². The number of ether oxygens (including phenoxy) is 2. The summed E-state index contributed by atoms with van der Waals surface area (Å²) in [4.78, 5) is 13.4. The quantitative estimate of drug-likeness (QED) is 0.461. The Morgan fingerprint density at radius 1 is 1.29 bits per heavy atom. The van der Waals surface area contributed by atoms with Crippen LogP contribution in [0.4, 0.5) is 4.39 Å². The summed E-state index contributed by atoms with van der Waals surface area (Å²) in [5, 5.41) is 9.27. The molecule has 0 heterocycles. The summed E-state index contributed by atoms with van der Waals surface area (Å²) in [6.45, 7) is 2.24. The van der Waals surface area contributed by atoms with E-state index < -0.39 is 5.91 Å². The minimum Gasteiger partial charge on any atom is -0.490 e. The lowest BCUT2D eigenvalue weighted by Gasteiger charge is -2.15. The molecule has 0 spiro atoms. The van der Waals surface area contributed by atoms with E-state index in [0.29, 0.717) is 33.7 Å². The molecule has 2 aromatic carbocycles. The molecule has 7 heteroatoms. The molecule has 0 unspecified atom stereocenters. The van der Waals surface area contributed by atoms with Gasteiger partial charge in [-0.2, -0.15) is 5.26 Å². The van der Waals surface area contributed by atoms with Crippen molar-refractivity contribution in [1.29, 1.82) is 5.26 Å². The summed E-state index contributed by atoms with van der Waals surface area (Å²) in [5.74, 6) is 0.0993. The molecule has 0 fully saturated rings. The van der Waals surface area contributed by atoms with Crippen LogP contribution >= 0.6 is 15.9 Å². The SMILES string of the molecule is CCOc1cc(/C=C(/C#N)C(=O)N(C)C)cc(Br)c1OCc1ccccc1F. The van der Waals surface area contributed by atoms with Crippen LogP contribution in [-0.4, -0.2) is 31.5 Å². The number of hydrogen-bond acceptors (Lipinski definition) is 4. The van der Waals surface area contributed by atoms with E-state index in [0.717, 1.165) is 0 Å². The van der Waals surface area contributed by atoms with Gasteiger partial charge in [0.25, 0.3) is 5.91 Å². The van der Waals surface area contributed by atoms with Crippen molar-refractivity contribution in [2.45, 2.75) is 13.5 Å². The molecule has 0 aliphatic heterocycles. The first-order valence-electron chi connectivity index (χ1n) is 8.53. The second-order valence-corrected chi connectivity index (χ2v) is 6.87. The summed E-state index contributed by atoms with van der Waals surface area (Å²) in [7, 11) is 3.16. The molecule has 5 nitrogen and oxygen atoms in total. The average Bonchev–Trinajstić information content (AvgIpc) is 2.66. The van der Waals surface area contributed by atoms with Crippen molar-refractivity contribution in [3.05, 3.63) is 63.4 Å². The highest BCUT2D eigenvalue weighted by Gasteiger charge is 2.15. The minimum absolute atomic E-state index is 0.000580. The van der Waals surface area contributed by atoms with Gasteiger partial charge < -0.3 is 14.4 Å². The lowest BCUT2D eigenvalue weighted by atomic mass is 10.1. The van der Waals surface area contributed by atoms with Crippen molar-refractivity contribution < 1.29 is 18.7 Å². The first-order valence-corrected chi connectivity index (χ1v) is 9.32. The van der Waals surface area contributed by atoms with E-state index in [9.17, 15) is 14.4 Å². The van der Waals surface area contributed by atoms with Crippen LogP contribution in [0.1, 0.15) is 18.1 Å². The molecule has 0 aromatic heterocycles. The molecule has 0 radical (unpaired) electrons. The molecule has 2 aromatic rings. The second kappa shape index (κ2) is 9.90. The Morgan fingerprint density at radius 2 is 2.00 bits per heavy atom. The van der Waals surface area contributed by atoms with E-state index in [1.807, 2.05) is 13.0 Å². The highest BCUT2D eigenvalue weighted by atomic mass is 79.9. The molecule has 0 aliphatic rings. The number of carbonyl (C=O) groups is 1. The van der Waals surface area contributed by atoms with Crippen LogP contribution in [0.5, 0.6) is 11.5 Å². The van der Waals surface area contributed by atoms with Crippen LogP contribution < -0.4 is 9.47 Å². The molecule has 0 N–H and O–H groups in total. The Morgan fingerprint density at radius 3 is 2.61 bits per heavy atom. The summed E-state index contributed by atoms with van der Waals surface area (Å²) in [6, 6.07) is 11.7. The van der Waals surface area contributed by atoms with Gasteiger partial charge in [0.15, 0.2) is 11.5 Å². The van der Waals surface area contributed by atoms with Gasteiger partial charge in [0, 0.05) is 19.7 Å². The predicted molar refractivity (Wildman–Crippen MR) is 108 cm³/mol. The molecule has 0 saturated heterocycles. The lowest BCUT2D eigenvalue weighted by molar-refractivity contribution is -0.124. The van der Waals surface area contributed by atoms with Gasteiger partial charge in [-0.15, -0.1) is 0 Å². The molecular weight excluding hydrogens is 427 g/mol. The van der Waals surface area contributed by atoms with E-state index in [1.54, 1.807) is 44.4 Å². The zero-order valence-corrected chi connectivity index (χ0v) is 17.4. The highest BCUT2D eigenvalue weighted by Crippen LogP contribution is 2.38. The zero-order valence-electron chi connectivity index (χ0n) is 15.8. The van der Waals surface area contributed by atoms with E-state index in [4.69, 9.17) is 9.47 Å². The number of nitrogens with zero attached hydrogens (tertiary/aromatic N) is 2. The zero-order chi connectivity index (χ0) is 20.7. The minimum atomic E-state index is -0.392. The van der Waals surface area contributed by atoms with Crippen LogP contribution in [0.15, 0.2) is 46.4 Å². The molecule has 28 heavy (non-hydrogen) atoms. The van der Waals surface area contributed by atoms with E-state index in [1.165, 1.54) is 17.0 Å². The molecule has 0 saturated carbocycles.